The Bertz CT molecular complexity index is 647. The highest BCUT2D eigenvalue weighted by molar-refractivity contribution is 6.30. The second kappa shape index (κ2) is 5.73. The number of rotatable bonds is 3. The van der Waals surface area contributed by atoms with Crippen molar-refractivity contribution in [1.29, 1.82) is 5.26 Å². The molecule has 0 fully saturated rings. The Kier molecular flexibility index (Phi) is 4.03. The molecule has 0 aliphatic heterocycles. The summed E-state index contributed by atoms with van der Waals surface area (Å²) >= 11 is 5.63. The summed E-state index contributed by atoms with van der Waals surface area (Å²) in [5.74, 6) is -0.427. The Hall–Kier alpha value is -2.05. The molecule has 2 aromatic rings. The van der Waals surface area contributed by atoms with Gasteiger partial charge in [0, 0.05) is 12.2 Å². The predicted octanol–water partition coefficient (Wildman–Crippen LogP) is 4.27. The lowest BCUT2D eigenvalue weighted by Crippen LogP contribution is -2.01. The van der Waals surface area contributed by atoms with E-state index in [2.05, 4.69) is 11.4 Å². The van der Waals surface area contributed by atoms with Crippen LogP contribution in [0.25, 0.3) is 0 Å². The van der Waals surface area contributed by atoms with Crippen molar-refractivity contribution in [2.75, 3.05) is 5.32 Å². The molecule has 0 aliphatic carbocycles. The molecule has 2 nitrogen and oxygen atoms in total. The van der Waals surface area contributed by atoms with Gasteiger partial charge in [0.2, 0.25) is 0 Å². The standard InChI is InChI=1S/C15H12ClFN2/c1-10-2-3-11(8-18)7-15(10)19-9-12-4-5-13(16)14(17)6-12/h2-7,19H,9H2,1H3. The first-order chi connectivity index (χ1) is 9.10. The van der Waals surface area contributed by atoms with Crippen LogP contribution in [0, 0.1) is 24.1 Å². The van der Waals surface area contributed by atoms with E-state index in [9.17, 15) is 4.39 Å². The van der Waals surface area contributed by atoms with Crippen LogP contribution >= 0.6 is 11.6 Å². The van der Waals surface area contributed by atoms with Crippen LogP contribution in [0.2, 0.25) is 5.02 Å². The minimum absolute atomic E-state index is 0.117. The highest BCUT2D eigenvalue weighted by Crippen LogP contribution is 2.19. The van der Waals surface area contributed by atoms with E-state index >= 15 is 0 Å². The van der Waals surface area contributed by atoms with Gasteiger partial charge >= 0.3 is 0 Å². The highest BCUT2D eigenvalue weighted by Gasteiger charge is 2.03. The van der Waals surface area contributed by atoms with E-state index in [0.717, 1.165) is 16.8 Å². The van der Waals surface area contributed by atoms with Crippen molar-refractivity contribution in [2.24, 2.45) is 0 Å². The van der Waals surface area contributed by atoms with E-state index in [1.807, 2.05) is 13.0 Å². The molecule has 2 aromatic carbocycles. The van der Waals surface area contributed by atoms with Gasteiger partial charge in [-0.25, -0.2) is 4.39 Å². The van der Waals surface area contributed by atoms with E-state index in [-0.39, 0.29) is 5.02 Å². The number of aryl methyl sites for hydroxylation is 1. The van der Waals surface area contributed by atoms with Crippen LogP contribution in [0.15, 0.2) is 36.4 Å². The molecule has 0 aromatic heterocycles. The van der Waals surface area contributed by atoms with Gasteiger partial charge in [0.1, 0.15) is 5.82 Å². The third-order valence-corrected chi connectivity index (χ3v) is 3.14. The van der Waals surface area contributed by atoms with E-state index in [0.29, 0.717) is 12.1 Å². The smallest absolute Gasteiger partial charge is 0.142 e. The zero-order valence-corrected chi connectivity index (χ0v) is 11.1. The number of hydrogen-bond donors (Lipinski definition) is 1. The molecule has 0 spiro atoms. The Labute approximate surface area is 116 Å². The summed E-state index contributed by atoms with van der Waals surface area (Å²) in [5, 5.41) is 12.2. The molecule has 0 heterocycles. The molecule has 19 heavy (non-hydrogen) atoms. The summed E-state index contributed by atoms with van der Waals surface area (Å²) in [6.45, 7) is 2.43. The number of nitrogens with one attached hydrogen (secondary N) is 1. The molecule has 0 unspecified atom stereocenters. The van der Waals surface area contributed by atoms with Crippen molar-refractivity contribution in [3.05, 3.63) is 63.9 Å². The van der Waals surface area contributed by atoms with Crippen LogP contribution in [0.3, 0.4) is 0 Å². The minimum atomic E-state index is -0.427. The first-order valence-electron chi connectivity index (χ1n) is 5.78. The summed E-state index contributed by atoms with van der Waals surface area (Å²) in [6.07, 6.45) is 0. The van der Waals surface area contributed by atoms with E-state index in [1.54, 1.807) is 18.2 Å². The van der Waals surface area contributed by atoms with Gasteiger partial charge < -0.3 is 5.32 Å². The number of halogens is 2. The van der Waals surface area contributed by atoms with Crippen molar-refractivity contribution in [1.82, 2.24) is 0 Å². The maximum Gasteiger partial charge on any atom is 0.142 e. The van der Waals surface area contributed by atoms with Crippen molar-refractivity contribution in [2.45, 2.75) is 13.5 Å². The van der Waals surface area contributed by atoms with Crippen LogP contribution in [-0.2, 0) is 6.54 Å². The van der Waals surface area contributed by atoms with Gasteiger partial charge in [0.25, 0.3) is 0 Å². The molecule has 0 atom stereocenters. The third-order valence-electron chi connectivity index (χ3n) is 2.83. The zero-order valence-electron chi connectivity index (χ0n) is 10.4. The molecule has 2 rings (SSSR count). The molecular weight excluding hydrogens is 263 g/mol. The summed E-state index contributed by atoms with van der Waals surface area (Å²) in [6, 6.07) is 12.2. The molecule has 0 saturated carbocycles. The van der Waals surface area contributed by atoms with E-state index in [1.165, 1.54) is 12.1 Å². The first kappa shape index (κ1) is 13.4. The maximum absolute atomic E-state index is 13.3. The SMILES string of the molecule is Cc1ccc(C#N)cc1NCc1ccc(Cl)c(F)c1. The number of hydrogen-bond acceptors (Lipinski definition) is 2. The normalized spacial score (nSPS) is 10.0. The predicted molar refractivity (Wildman–Crippen MR) is 74.6 cm³/mol. The number of nitriles is 1. The van der Waals surface area contributed by atoms with Gasteiger partial charge in [-0.05, 0) is 42.3 Å². The quantitative estimate of drug-likeness (QED) is 0.907. The molecular formula is C15H12ClFN2. The van der Waals surface area contributed by atoms with E-state index < -0.39 is 5.82 Å². The van der Waals surface area contributed by atoms with Gasteiger partial charge in [-0.1, -0.05) is 23.7 Å². The van der Waals surface area contributed by atoms with Crippen LogP contribution < -0.4 is 5.32 Å². The molecule has 0 amide bonds. The molecule has 96 valence electrons. The molecule has 0 radical (unpaired) electrons. The Morgan fingerprint density at radius 2 is 2.05 bits per heavy atom. The summed E-state index contributed by atoms with van der Waals surface area (Å²) in [5.41, 5.74) is 3.29. The molecule has 0 aliphatic rings. The monoisotopic (exact) mass is 274 g/mol. The van der Waals surface area contributed by atoms with Crippen LogP contribution in [0.1, 0.15) is 16.7 Å². The fourth-order valence-electron chi connectivity index (χ4n) is 1.73. The fraction of sp³-hybridized carbons (Fsp3) is 0.133. The summed E-state index contributed by atoms with van der Waals surface area (Å²) in [7, 11) is 0. The number of nitrogens with zero attached hydrogens (tertiary/aromatic N) is 1. The van der Waals surface area contributed by atoms with Crippen LogP contribution in [0.5, 0.6) is 0 Å². The van der Waals surface area contributed by atoms with E-state index in [4.69, 9.17) is 16.9 Å². The van der Waals surface area contributed by atoms with Gasteiger partial charge in [-0.15, -0.1) is 0 Å². The number of anilines is 1. The van der Waals surface area contributed by atoms with Crippen molar-refractivity contribution >= 4 is 17.3 Å². The fourth-order valence-corrected chi connectivity index (χ4v) is 1.85. The highest BCUT2D eigenvalue weighted by atomic mass is 35.5. The lowest BCUT2D eigenvalue weighted by Gasteiger charge is -2.10. The zero-order chi connectivity index (χ0) is 13.8. The first-order valence-corrected chi connectivity index (χ1v) is 6.16. The second-order valence-corrected chi connectivity index (χ2v) is 4.65. The summed E-state index contributed by atoms with van der Waals surface area (Å²) in [4.78, 5) is 0. The second-order valence-electron chi connectivity index (χ2n) is 4.24. The molecule has 0 bridgehead atoms. The lowest BCUT2D eigenvalue weighted by molar-refractivity contribution is 0.626. The Morgan fingerprint density at radius 3 is 2.74 bits per heavy atom. The molecule has 4 heteroatoms. The lowest BCUT2D eigenvalue weighted by atomic mass is 10.1. The molecule has 0 saturated heterocycles. The van der Waals surface area contributed by atoms with Crippen molar-refractivity contribution in [3.8, 4) is 6.07 Å². The third kappa shape index (κ3) is 3.24. The molecule has 1 N–H and O–H groups in total. The van der Waals surface area contributed by atoms with Crippen molar-refractivity contribution in [3.63, 3.8) is 0 Å². The average Bonchev–Trinajstić information content (AvgIpc) is 2.41. The Morgan fingerprint density at radius 1 is 1.26 bits per heavy atom. The minimum Gasteiger partial charge on any atom is -0.381 e. The van der Waals surface area contributed by atoms with Gasteiger partial charge in [-0.3, -0.25) is 0 Å². The largest absolute Gasteiger partial charge is 0.381 e. The van der Waals surface area contributed by atoms with Crippen molar-refractivity contribution < 1.29 is 4.39 Å². The van der Waals surface area contributed by atoms with Gasteiger partial charge in [-0.2, -0.15) is 5.26 Å². The topological polar surface area (TPSA) is 35.8 Å². The van der Waals surface area contributed by atoms with Crippen LogP contribution in [-0.4, -0.2) is 0 Å². The van der Waals surface area contributed by atoms with Gasteiger partial charge in [0.05, 0.1) is 16.7 Å². The summed E-state index contributed by atoms with van der Waals surface area (Å²) < 4.78 is 13.3. The van der Waals surface area contributed by atoms with Gasteiger partial charge in [0.15, 0.2) is 0 Å². The number of benzene rings is 2. The Balaban J connectivity index is 2.14. The average molecular weight is 275 g/mol. The van der Waals surface area contributed by atoms with Crippen LogP contribution in [0.4, 0.5) is 10.1 Å². The maximum atomic E-state index is 13.3.